The first-order chi connectivity index (χ1) is 31.0. The number of carbonyl (C=O) groups excluding carboxylic acids is 4. The molecule has 364 valence electrons. The van der Waals surface area contributed by atoms with Crippen molar-refractivity contribution in [3.63, 3.8) is 0 Å². The van der Waals surface area contributed by atoms with Gasteiger partial charge in [-0.15, -0.1) is 0 Å². The largest absolute Gasteiger partial charge is 2.00 e. The summed E-state index contributed by atoms with van der Waals surface area (Å²) >= 11 is 0. The number of benzene rings is 2. The maximum absolute atomic E-state index is 11.8. The van der Waals surface area contributed by atoms with Crippen LogP contribution in [0.3, 0.4) is 0 Å². The van der Waals surface area contributed by atoms with Crippen LogP contribution in [0.15, 0.2) is 60.7 Å². The molecule has 0 aliphatic heterocycles. The molecule has 0 saturated carbocycles. The van der Waals surface area contributed by atoms with Gasteiger partial charge in [0.15, 0.2) is 0 Å². The molecule has 2 aromatic rings. The fourth-order valence-corrected chi connectivity index (χ4v) is 7.92. The quantitative estimate of drug-likeness (QED) is 0.0358. The molecule has 0 amide bonds. The molecule has 0 heterocycles. The summed E-state index contributed by atoms with van der Waals surface area (Å²) in [5.41, 5.74) is 2.20. The summed E-state index contributed by atoms with van der Waals surface area (Å²) in [6, 6.07) is 20.1. The molecule has 0 radical (unpaired) electrons. The molecular formula is C54H86BaO10. The topological polar surface area (TPSA) is 151 Å². The third kappa shape index (κ3) is 38.5. The van der Waals surface area contributed by atoms with Crippen LogP contribution in [0, 0.1) is 0 Å². The average molecular weight is 1030 g/mol. The van der Waals surface area contributed by atoms with Crippen LogP contribution in [0.4, 0.5) is 0 Å². The fourth-order valence-electron chi connectivity index (χ4n) is 7.92. The Morgan fingerprint density at radius 2 is 0.692 bits per heavy atom. The number of rotatable bonds is 40. The minimum atomic E-state index is -0.987. The molecule has 0 saturated heterocycles. The van der Waals surface area contributed by atoms with E-state index in [1.165, 1.54) is 78.1 Å². The van der Waals surface area contributed by atoms with Crippen LogP contribution in [-0.2, 0) is 51.3 Å². The molecule has 0 aliphatic rings. The Hall–Kier alpha value is -2.19. The minimum absolute atomic E-state index is 0. The van der Waals surface area contributed by atoms with E-state index in [9.17, 15) is 29.4 Å². The summed E-state index contributed by atoms with van der Waals surface area (Å²) in [5.74, 6) is -2.50. The van der Waals surface area contributed by atoms with Crippen molar-refractivity contribution < 1.29 is 48.3 Å². The van der Waals surface area contributed by atoms with E-state index >= 15 is 0 Å². The summed E-state index contributed by atoms with van der Waals surface area (Å²) < 4.78 is 23.9. The van der Waals surface area contributed by atoms with E-state index in [2.05, 4.69) is 13.8 Å². The predicted molar refractivity (Wildman–Crippen MR) is 258 cm³/mol. The zero-order valence-electron chi connectivity index (χ0n) is 41.1. The van der Waals surface area contributed by atoms with Gasteiger partial charge < -0.3 is 38.7 Å². The molecule has 2 aromatic carbocycles. The number of ether oxygens (including phenoxy) is 4. The van der Waals surface area contributed by atoms with Crippen molar-refractivity contribution in [2.45, 2.75) is 245 Å². The molecule has 0 bridgehead atoms. The zero-order chi connectivity index (χ0) is 46.9. The monoisotopic (exact) mass is 1030 g/mol. The van der Waals surface area contributed by atoms with Gasteiger partial charge in [-0.1, -0.05) is 190 Å². The van der Waals surface area contributed by atoms with E-state index < -0.39 is 11.9 Å². The molecular weight excluding hydrogens is 946 g/mol. The molecule has 65 heavy (non-hydrogen) atoms. The number of unbranched alkanes of at least 4 members (excludes halogenated alkanes) is 18. The SMILES string of the molecule is CCCCCCCCCC(OC(C)=O)C(CCCCCCC(=O)[O-])OCc1ccccc1.CCCCCCCCCC(OC(C)=O)C(CCCCCCC(=O)[O-])OCc1ccccc1.[Ba+2]. The first-order valence-electron chi connectivity index (χ1n) is 25.1. The van der Waals surface area contributed by atoms with Gasteiger partial charge in [-0.05, 0) is 75.3 Å². The van der Waals surface area contributed by atoms with Crippen LogP contribution in [0.2, 0.25) is 0 Å². The Morgan fingerprint density at radius 1 is 0.415 bits per heavy atom. The number of hydrogen-bond acceptors (Lipinski definition) is 10. The zero-order valence-corrected chi connectivity index (χ0v) is 45.5. The van der Waals surface area contributed by atoms with Gasteiger partial charge >= 0.3 is 60.8 Å². The second-order valence-electron chi connectivity index (χ2n) is 17.4. The maximum atomic E-state index is 11.8. The van der Waals surface area contributed by atoms with Crippen molar-refractivity contribution >= 4 is 72.8 Å². The number of carboxylic acids is 2. The first-order valence-corrected chi connectivity index (χ1v) is 25.1. The van der Waals surface area contributed by atoms with Crippen LogP contribution in [-0.4, -0.2) is 97.2 Å². The van der Waals surface area contributed by atoms with Gasteiger partial charge in [0.05, 0.1) is 25.4 Å². The molecule has 11 heteroatoms. The van der Waals surface area contributed by atoms with Crippen LogP contribution in [0.25, 0.3) is 0 Å². The standard InChI is InChI=1S/2C27H44O5.Ba/c2*1-3-4-5-6-7-8-15-20-26(32-23(2)28)25(19-14-9-10-16-21-27(29)30)31-22-24-17-12-11-13-18-24;/h2*11-13,17-18,25-26H,3-10,14-16,19-22H2,1-2H3,(H,29,30);/q;;+2/p-2. The molecule has 0 fully saturated rings. The van der Waals surface area contributed by atoms with Crippen molar-refractivity contribution in [2.75, 3.05) is 0 Å². The van der Waals surface area contributed by atoms with Gasteiger partial charge in [-0.25, -0.2) is 0 Å². The van der Waals surface area contributed by atoms with E-state index in [0.717, 1.165) is 101 Å². The van der Waals surface area contributed by atoms with Crippen LogP contribution in [0.5, 0.6) is 0 Å². The van der Waals surface area contributed by atoms with Gasteiger partial charge in [0.25, 0.3) is 0 Å². The maximum Gasteiger partial charge on any atom is 2.00 e. The molecule has 10 nitrogen and oxygen atoms in total. The second-order valence-corrected chi connectivity index (χ2v) is 17.4. The van der Waals surface area contributed by atoms with Crippen molar-refractivity contribution in [1.82, 2.24) is 0 Å². The van der Waals surface area contributed by atoms with E-state index in [0.29, 0.717) is 26.1 Å². The smallest absolute Gasteiger partial charge is 0.550 e. The summed E-state index contributed by atoms with van der Waals surface area (Å²) in [6.45, 7) is 8.36. The molecule has 2 rings (SSSR count). The minimum Gasteiger partial charge on any atom is -0.550 e. The second kappa shape index (κ2) is 44.3. The number of hydrogen-bond donors (Lipinski definition) is 0. The predicted octanol–water partition coefficient (Wildman–Crippen LogP) is 11.1. The van der Waals surface area contributed by atoms with Crippen LogP contribution >= 0.6 is 0 Å². The van der Waals surface area contributed by atoms with Gasteiger partial charge in [0, 0.05) is 25.8 Å². The molecule has 0 spiro atoms. The molecule has 4 unspecified atom stereocenters. The Labute approximate surface area is 434 Å². The first kappa shape index (κ1) is 62.8. The summed E-state index contributed by atoms with van der Waals surface area (Å²) in [6.07, 6.45) is 26.4. The van der Waals surface area contributed by atoms with E-state index in [-0.39, 0.29) is 98.1 Å². The van der Waals surface area contributed by atoms with Crippen molar-refractivity contribution in [3.05, 3.63) is 71.8 Å². The molecule has 0 aliphatic carbocycles. The summed E-state index contributed by atoms with van der Waals surface area (Å²) in [7, 11) is 0. The Bertz CT molecular complexity index is 1320. The summed E-state index contributed by atoms with van der Waals surface area (Å²) in [5, 5.41) is 21.1. The fraction of sp³-hybridized carbons (Fsp3) is 0.704. The van der Waals surface area contributed by atoms with E-state index in [4.69, 9.17) is 18.9 Å². The van der Waals surface area contributed by atoms with E-state index in [1.54, 1.807) is 0 Å². The van der Waals surface area contributed by atoms with Gasteiger partial charge in [0.1, 0.15) is 12.2 Å². The molecule has 0 N–H and O–H groups in total. The number of esters is 2. The van der Waals surface area contributed by atoms with Gasteiger partial charge in [-0.2, -0.15) is 0 Å². The Morgan fingerprint density at radius 3 is 0.985 bits per heavy atom. The van der Waals surface area contributed by atoms with Gasteiger partial charge in [-0.3, -0.25) is 9.59 Å². The summed E-state index contributed by atoms with van der Waals surface area (Å²) in [4.78, 5) is 44.7. The van der Waals surface area contributed by atoms with Crippen molar-refractivity contribution in [1.29, 1.82) is 0 Å². The number of carboxylic acid groups (broad SMARTS) is 2. The average Bonchev–Trinajstić information content (AvgIpc) is 3.27. The normalized spacial score (nSPS) is 12.7. The Kier molecular flexibility index (Phi) is 42.8. The van der Waals surface area contributed by atoms with Crippen LogP contribution in [0.1, 0.15) is 219 Å². The molecule has 4 atom stereocenters. The van der Waals surface area contributed by atoms with E-state index in [1.807, 2.05) is 60.7 Å². The number of carbonyl (C=O) groups is 4. The van der Waals surface area contributed by atoms with Crippen LogP contribution < -0.4 is 10.2 Å². The number of aliphatic carboxylic acids is 2. The third-order valence-electron chi connectivity index (χ3n) is 11.5. The molecule has 0 aromatic heterocycles. The Balaban J connectivity index is 0.00000124. The third-order valence-corrected chi connectivity index (χ3v) is 11.5. The van der Waals surface area contributed by atoms with Crippen molar-refractivity contribution in [2.24, 2.45) is 0 Å². The van der Waals surface area contributed by atoms with Crippen molar-refractivity contribution in [3.8, 4) is 0 Å². The van der Waals surface area contributed by atoms with Gasteiger partial charge in [0.2, 0.25) is 0 Å².